The van der Waals surface area contributed by atoms with Crippen LogP contribution in [0.3, 0.4) is 0 Å². The fourth-order valence-electron chi connectivity index (χ4n) is 1.72. The first-order valence-corrected chi connectivity index (χ1v) is 7.25. The van der Waals surface area contributed by atoms with E-state index in [0.29, 0.717) is 34.2 Å². The first kappa shape index (κ1) is 19.2. The summed E-state index contributed by atoms with van der Waals surface area (Å²) in [4.78, 5) is 0. The van der Waals surface area contributed by atoms with Crippen LogP contribution in [-0.4, -0.2) is 36.6 Å². The van der Waals surface area contributed by atoms with Crippen molar-refractivity contribution < 1.29 is 19.7 Å². The second-order valence-corrected chi connectivity index (χ2v) is 4.74. The molecule has 0 aliphatic heterocycles. The third kappa shape index (κ3) is 6.51. The maximum Gasteiger partial charge on any atom is 0.146 e. The number of ether oxygens (including phenoxy) is 2. The summed E-state index contributed by atoms with van der Waals surface area (Å²) < 4.78 is 10.4. The van der Waals surface area contributed by atoms with E-state index in [0.717, 1.165) is 0 Å². The molecule has 132 valence electrons. The Kier molecular flexibility index (Phi) is 8.03. The van der Waals surface area contributed by atoms with Gasteiger partial charge in [0.2, 0.25) is 0 Å². The molecule has 0 atom stereocenters. The van der Waals surface area contributed by atoms with Crippen molar-refractivity contribution in [2.45, 2.75) is 0 Å². The van der Waals surface area contributed by atoms with Crippen molar-refractivity contribution in [2.24, 2.45) is 0 Å². The molecule has 8 nitrogen and oxygen atoms in total. The first-order chi connectivity index (χ1) is 11.5. The van der Waals surface area contributed by atoms with E-state index in [1.165, 1.54) is 12.1 Å². The average molecular weight is 336 g/mol. The molecule has 0 saturated carbocycles. The average Bonchev–Trinajstić information content (AvgIpc) is 2.53. The molecule has 0 saturated heterocycles. The Labute approximate surface area is 140 Å². The van der Waals surface area contributed by atoms with Gasteiger partial charge < -0.3 is 42.6 Å². The lowest BCUT2D eigenvalue weighted by molar-refractivity contribution is 0.195. The number of nitrogen functional groups attached to an aromatic ring is 4. The van der Waals surface area contributed by atoms with Crippen molar-refractivity contribution in [3.05, 3.63) is 36.4 Å². The van der Waals surface area contributed by atoms with Crippen LogP contribution in [0.1, 0.15) is 0 Å². The zero-order valence-corrected chi connectivity index (χ0v) is 13.3. The van der Waals surface area contributed by atoms with Gasteiger partial charge in [-0.25, -0.2) is 0 Å². The van der Waals surface area contributed by atoms with Crippen LogP contribution in [0, 0.1) is 0 Å². The molecule has 10 N–H and O–H groups in total. The molecule has 0 bridgehead atoms. The van der Waals surface area contributed by atoms with Crippen LogP contribution in [0.25, 0.3) is 0 Å². The molecule has 24 heavy (non-hydrogen) atoms. The normalized spacial score (nSPS) is 9.75. The van der Waals surface area contributed by atoms with Crippen LogP contribution >= 0.6 is 0 Å². The molecule has 0 radical (unpaired) electrons. The highest BCUT2D eigenvalue weighted by Gasteiger charge is 2.07. The first-order valence-electron chi connectivity index (χ1n) is 7.25. The van der Waals surface area contributed by atoms with E-state index in [4.69, 9.17) is 42.6 Å². The minimum absolute atomic E-state index is 0.101. The van der Waals surface area contributed by atoms with Crippen LogP contribution in [0.5, 0.6) is 11.5 Å². The highest BCUT2D eigenvalue weighted by atomic mass is 16.5. The predicted molar refractivity (Wildman–Crippen MR) is 95.7 cm³/mol. The Bertz CT molecular complexity index is 591. The van der Waals surface area contributed by atoms with Gasteiger partial charge in [0.05, 0.1) is 24.6 Å². The minimum Gasteiger partial charge on any atom is -0.489 e. The second-order valence-electron chi connectivity index (χ2n) is 4.74. The number of benzene rings is 2. The smallest absolute Gasteiger partial charge is 0.146 e. The van der Waals surface area contributed by atoms with E-state index in [-0.39, 0.29) is 26.4 Å². The fourth-order valence-corrected chi connectivity index (χ4v) is 1.72. The van der Waals surface area contributed by atoms with Crippen LogP contribution in [-0.2, 0) is 0 Å². The standard InChI is InChI=1S/C10H16N2O4.C6H8N2/c11-7-5-8(12)10(16-4-2-14)6-9(7)15-3-1-13;7-5-2-1-3-6(8)4-5/h5-6,13-14H,1-4,11-12H2;1-4H,7-8H2. The lowest BCUT2D eigenvalue weighted by Crippen LogP contribution is -2.07. The van der Waals surface area contributed by atoms with E-state index >= 15 is 0 Å². The van der Waals surface area contributed by atoms with Crippen molar-refractivity contribution in [1.29, 1.82) is 0 Å². The third-order valence-electron chi connectivity index (χ3n) is 2.75. The van der Waals surface area contributed by atoms with Crippen molar-refractivity contribution in [1.82, 2.24) is 0 Å². The van der Waals surface area contributed by atoms with Gasteiger partial charge in [0.15, 0.2) is 0 Å². The van der Waals surface area contributed by atoms with Gasteiger partial charge in [0.25, 0.3) is 0 Å². The van der Waals surface area contributed by atoms with E-state index < -0.39 is 0 Å². The summed E-state index contributed by atoms with van der Waals surface area (Å²) in [5.74, 6) is 0.798. The van der Waals surface area contributed by atoms with Crippen LogP contribution in [0.2, 0.25) is 0 Å². The summed E-state index contributed by atoms with van der Waals surface area (Å²) in [6.07, 6.45) is 0. The van der Waals surface area contributed by atoms with Gasteiger partial charge in [0.1, 0.15) is 24.7 Å². The minimum atomic E-state index is -0.101. The molecule has 0 amide bonds. The SMILES string of the molecule is Nc1cc(N)c(OCCO)cc1OCCO.Nc1cccc(N)c1. The molecule has 2 rings (SSSR count). The fraction of sp³-hybridized carbons (Fsp3) is 0.250. The molecule has 2 aromatic carbocycles. The Balaban J connectivity index is 0.000000300. The Morgan fingerprint density at radius 1 is 0.708 bits per heavy atom. The largest absolute Gasteiger partial charge is 0.489 e. The van der Waals surface area contributed by atoms with Gasteiger partial charge in [-0.3, -0.25) is 0 Å². The van der Waals surface area contributed by atoms with Gasteiger partial charge in [-0.1, -0.05) is 6.07 Å². The van der Waals surface area contributed by atoms with E-state index in [9.17, 15) is 0 Å². The number of aliphatic hydroxyl groups is 2. The summed E-state index contributed by atoms with van der Waals surface area (Å²) in [6, 6.07) is 10.2. The molecule has 8 heteroatoms. The van der Waals surface area contributed by atoms with Crippen LogP contribution in [0.4, 0.5) is 22.7 Å². The molecule has 0 aliphatic rings. The van der Waals surface area contributed by atoms with Gasteiger partial charge in [-0.15, -0.1) is 0 Å². The Morgan fingerprint density at radius 3 is 1.50 bits per heavy atom. The maximum absolute atomic E-state index is 8.63. The zero-order chi connectivity index (χ0) is 17.9. The van der Waals surface area contributed by atoms with E-state index in [1.807, 2.05) is 6.07 Å². The molecule has 0 spiro atoms. The maximum atomic E-state index is 8.63. The number of anilines is 4. The second kappa shape index (κ2) is 10.0. The molecular weight excluding hydrogens is 312 g/mol. The quantitative estimate of drug-likeness (QED) is 0.414. The molecule has 0 fully saturated rings. The summed E-state index contributed by atoms with van der Waals surface area (Å²) in [7, 11) is 0. The summed E-state index contributed by atoms with van der Waals surface area (Å²) in [6.45, 7) is 0.0917. The lowest BCUT2D eigenvalue weighted by Gasteiger charge is -2.12. The molecule has 0 aliphatic carbocycles. The summed E-state index contributed by atoms with van der Waals surface area (Å²) >= 11 is 0. The van der Waals surface area contributed by atoms with E-state index in [2.05, 4.69) is 0 Å². The number of rotatable bonds is 6. The lowest BCUT2D eigenvalue weighted by atomic mass is 10.2. The predicted octanol–water partition coefficient (Wildman–Crippen LogP) is 0.444. The highest BCUT2D eigenvalue weighted by molar-refractivity contribution is 5.67. The van der Waals surface area contributed by atoms with Crippen molar-refractivity contribution in [2.75, 3.05) is 49.4 Å². The van der Waals surface area contributed by atoms with Crippen molar-refractivity contribution >= 4 is 22.7 Å². The molecular formula is C16H24N4O4. The van der Waals surface area contributed by atoms with Gasteiger partial charge in [0, 0.05) is 17.4 Å². The van der Waals surface area contributed by atoms with Crippen LogP contribution < -0.4 is 32.4 Å². The number of nitrogens with two attached hydrogens (primary N) is 4. The highest BCUT2D eigenvalue weighted by Crippen LogP contribution is 2.32. The Morgan fingerprint density at radius 2 is 1.17 bits per heavy atom. The Hall–Kier alpha value is -2.84. The zero-order valence-electron chi connectivity index (χ0n) is 13.3. The number of aliphatic hydroxyl groups excluding tert-OH is 2. The molecule has 2 aromatic rings. The van der Waals surface area contributed by atoms with Crippen molar-refractivity contribution in [3.63, 3.8) is 0 Å². The molecule has 0 unspecified atom stereocenters. The van der Waals surface area contributed by atoms with Gasteiger partial charge in [-0.05, 0) is 24.3 Å². The molecule has 0 aromatic heterocycles. The van der Waals surface area contributed by atoms with Crippen molar-refractivity contribution in [3.8, 4) is 11.5 Å². The summed E-state index contributed by atoms with van der Waals surface area (Å²) in [5.41, 5.74) is 24.3. The van der Waals surface area contributed by atoms with E-state index in [1.54, 1.807) is 18.2 Å². The third-order valence-corrected chi connectivity index (χ3v) is 2.75. The topological polar surface area (TPSA) is 163 Å². The van der Waals surface area contributed by atoms with Gasteiger partial charge in [-0.2, -0.15) is 0 Å². The number of hydrogen-bond acceptors (Lipinski definition) is 8. The monoisotopic (exact) mass is 336 g/mol. The summed E-state index contributed by atoms with van der Waals surface area (Å²) in [5, 5.41) is 17.3. The van der Waals surface area contributed by atoms with Gasteiger partial charge >= 0.3 is 0 Å². The molecule has 0 heterocycles. The number of hydrogen-bond donors (Lipinski definition) is 6. The van der Waals surface area contributed by atoms with Crippen LogP contribution in [0.15, 0.2) is 36.4 Å².